The first-order chi connectivity index (χ1) is 11.5. The number of carboxylic acid groups (broad SMARTS) is 1. The van der Waals surface area contributed by atoms with E-state index >= 15 is 0 Å². The van der Waals surface area contributed by atoms with Crippen LogP contribution in [0, 0.1) is 17.8 Å². The van der Waals surface area contributed by atoms with Gasteiger partial charge in [-0.1, -0.05) is 52.4 Å². The first kappa shape index (κ1) is 21.0. The fraction of sp³-hybridized carbons (Fsp3) is 0.900. The number of ether oxygens (including phenoxy) is 1. The second-order valence-electron chi connectivity index (χ2n) is 7.52. The topological polar surface area (TPSA) is 63.6 Å². The van der Waals surface area contributed by atoms with Crippen LogP contribution in [0.25, 0.3) is 0 Å². The molecular weight excluding hydrogens is 304 g/mol. The summed E-state index contributed by atoms with van der Waals surface area (Å²) in [6, 6.07) is 0. The molecule has 1 fully saturated rings. The summed E-state index contributed by atoms with van der Waals surface area (Å²) in [5.74, 6) is -0.585. The lowest BCUT2D eigenvalue weighted by molar-refractivity contribution is -0.157. The summed E-state index contributed by atoms with van der Waals surface area (Å²) in [7, 11) is 0. The first-order valence-electron chi connectivity index (χ1n) is 9.91. The summed E-state index contributed by atoms with van der Waals surface area (Å²) in [6.07, 6.45) is 10.8. The number of hydrogen-bond donors (Lipinski definition) is 1. The van der Waals surface area contributed by atoms with Crippen molar-refractivity contribution >= 4 is 11.9 Å². The van der Waals surface area contributed by atoms with E-state index in [2.05, 4.69) is 13.8 Å². The minimum absolute atomic E-state index is 0.0344. The monoisotopic (exact) mass is 340 g/mol. The van der Waals surface area contributed by atoms with Gasteiger partial charge in [0.05, 0.1) is 17.9 Å². The Labute approximate surface area is 147 Å². The van der Waals surface area contributed by atoms with E-state index in [1.165, 1.54) is 38.5 Å². The molecule has 0 aromatic heterocycles. The molecule has 0 spiro atoms. The van der Waals surface area contributed by atoms with Crippen LogP contribution in [0.2, 0.25) is 0 Å². The Morgan fingerprint density at radius 1 is 1.00 bits per heavy atom. The molecule has 2 atom stereocenters. The van der Waals surface area contributed by atoms with Gasteiger partial charge in [-0.05, 0) is 44.9 Å². The third-order valence-electron chi connectivity index (χ3n) is 5.31. The minimum atomic E-state index is -0.732. The average molecular weight is 341 g/mol. The Morgan fingerprint density at radius 3 is 2.17 bits per heavy atom. The van der Waals surface area contributed by atoms with E-state index in [9.17, 15) is 9.59 Å². The lowest BCUT2D eigenvalue weighted by atomic mass is 9.82. The van der Waals surface area contributed by atoms with E-state index in [0.29, 0.717) is 31.6 Å². The van der Waals surface area contributed by atoms with E-state index in [1.807, 2.05) is 6.92 Å². The first-order valence-corrected chi connectivity index (χ1v) is 9.91. The fourth-order valence-corrected chi connectivity index (χ4v) is 3.86. The SMILES string of the molecule is CCCCCC(CCC)CC(C)OC(=O)C1CCC(C(=O)O)CC1. The molecule has 1 saturated carbocycles. The molecule has 0 aromatic rings. The zero-order valence-corrected chi connectivity index (χ0v) is 15.8. The molecule has 0 heterocycles. The highest BCUT2D eigenvalue weighted by molar-refractivity contribution is 5.74. The largest absolute Gasteiger partial charge is 0.481 e. The van der Waals surface area contributed by atoms with Crippen LogP contribution < -0.4 is 0 Å². The molecule has 0 aromatic carbocycles. The standard InChI is InChI=1S/C20H36O4/c1-4-6-7-9-16(8-5-2)14-15(3)24-20(23)18-12-10-17(11-13-18)19(21)22/h15-18H,4-14H2,1-3H3,(H,21,22). The summed E-state index contributed by atoms with van der Waals surface area (Å²) in [4.78, 5) is 23.3. The van der Waals surface area contributed by atoms with Gasteiger partial charge in [0.2, 0.25) is 0 Å². The molecule has 0 amide bonds. The number of hydrogen-bond acceptors (Lipinski definition) is 3. The van der Waals surface area contributed by atoms with E-state index in [-0.39, 0.29) is 23.9 Å². The number of carboxylic acids is 1. The fourth-order valence-electron chi connectivity index (χ4n) is 3.86. The van der Waals surface area contributed by atoms with Crippen LogP contribution >= 0.6 is 0 Å². The van der Waals surface area contributed by atoms with Gasteiger partial charge < -0.3 is 9.84 Å². The van der Waals surface area contributed by atoms with E-state index in [4.69, 9.17) is 9.84 Å². The highest BCUT2D eigenvalue weighted by atomic mass is 16.5. The van der Waals surface area contributed by atoms with Crippen molar-refractivity contribution in [3.8, 4) is 0 Å². The molecule has 1 aliphatic carbocycles. The van der Waals surface area contributed by atoms with Gasteiger partial charge in [0.15, 0.2) is 0 Å². The maximum atomic E-state index is 12.3. The number of carbonyl (C=O) groups is 2. The Hall–Kier alpha value is -1.06. The molecule has 2 unspecified atom stereocenters. The van der Waals surface area contributed by atoms with Gasteiger partial charge in [-0.3, -0.25) is 9.59 Å². The van der Waals surface area contributed by atoms with Crippen molar-refractivity contribution in [3.05, 3.63) is 0 Å². The van der Waals surface area contributed by atoms with E-state index in [1.54, 1.807) is 0 Å². The number of unbranched alkanes of at least 4 members (excludes halogenated alkanes) is 2. The zero-order valence-electron chi connectivity index (χ0n) is 15.8. The maximum absolute atomic E-state index is 12.3. The molecule has 4 heteroatoms. The Balaban J connectivity index is 2.35. The van der Waals surface area contributed by atoms with Crippen molar-refractivity contribution in [1.82, 2.24) is 0 Å². The normalized spacial score (nSPS) is 23.5. The second-order valence-corrected chi connectivity index (χ2v) is 7.52. The predicted octanol–water partition coefficient (Wildman–Crippen LogP) is 5.20. The van der Waals surface area contributed by atoms with Crippen molar-refractivity contribution in [3.63, 3.8) is 0 Å². The molecule has 0 saturated heterocycles. The molecule has 1 N–H and O–H groups in total. The lowest BCUT2D eigenvalue weighted by Gasteiger charge is -2.27. The summed E-state index contributed by atoms with van der Waals surface area (Å²) < 4.78 is 5.68. The summed E-state index contributed by atoms with van der Waals surface area (Å²) >= 11 is 0. The summed E-state index contributed by atoms with van der Waals surface area (Å²) in [5, 5.41) is 9.03. The van der Waals surface area contributed by atoms with E-state index in [0.717, 1.165) is 6.42 Å². The van der Waals surface area contributed by atoms with Crippen LogP contribution in [0.5, 0.6) is 0 Å². The highest BCUT2D eigenvalue weighted by Crippen LogP contribution is 2.30. The van der Waals surface area contributed by atoms with Crippen LogP contribution in [0.3, 0.4) is 0 Å². The van der Waals surface area contributed by atoms with Gasteiger partial charge in [0, 0.05) is 0 Å². The second kappa shape index (κ2) is 11.5. The van der Waals surface area contributed by atoms with Crippen molar-refractivity contribution in [2.45, 2.75) is 97.5 Å². The average Bonchev–Trinajstić information content (AvgIpc) is 2.55. The van der Waals surface area contributed by atoms with Crippen LogP contribution in [0.4, 0.5) is 0 Å². The van der Waals surface area contributed by atoms with Crippen molar-refractivity contribution in [2.75, 3.05) is 0 Å². The third kappa shape index (κ3) is 7.67. The summed E-state index contributed by atoms with van der Waals surface area (Å²) in [5.41, 5.74) is 0. The Bertz CT molecular complexity index is 372. The van der Waals surface area contributed by atoms with Crippen LogP contribution in [-0.4, -0.2) is 23.1 Å². The predicted molar refractivity (Wildman–Crippen MR) is 95.8 cm³/mol. The zero-order chi connectivity index (χ0) is 17.9. The van der Waals surface area contributed by atoms with Gasteiger partial charge in [0.25, 0.3) is 0 Å². The van der Waals surface area contributed by atoms with E-state index < -0.39 is 5.97 Å². The molecule has 140 valence electrons. The van der Waals surface area contributed by atoms with Crippen LogP contribution in [-0.2, 0) is 14.3 Å². The molecule has 0 radical (unpaired) electrons. The van der Waals surface area contributed by atoms with Crippen molar-refractivity contribution in [2.24, 2.45) is 17.8 Å². The number of carbonyl (C=O) groups excluding carboxylic acids is 1. The number of esters is 1. The third-order valence-corrected chi connectivity index (χ3v) is 5.31. The molecular formula is C20H36O4. The molecule has 0 bridgehead atoms. The number of aliphatic carboxylic acids is 1. The quantitative estimate of drug-likeness (QED) is 0.415. The van der Waals surface area contributed by atoms with Crippen LogP contribution in [0.1, 0.15) is 91.4 Å². The van der Waals surface area contributed by atoms with Crippen molar-refractivity contribution < 1.29 is 19.4 Å². The molecule has 1 aliphatic rings. The van der Waals surface area contributed by atoms with Gasteiger partial charge in [-0.15, -0.1) is 0 Å². The lowest BCUT2D eigenvalue weighted by Crippen LogP contribution is -2.29. The molecule has 24 heavy (non-hydrogen) atoms. The van der Waals surface area contributed by atoms with Gasteiger partial charge >= 0.3 is 11.9 Å². The molecule has 4 nitrogen and oxygen atoms in total. The molecule has 0 aliphatic heterocycles. The Morgan fingerprint density at radius 2 is 1.62 bits per heavy atom. The van der Waals surface area contributed by atoms with Gasteiger partial charge in [-0.2, -0.15) is 0 Å². The van der Waals surface area contributed by atoms with Gasteiger partial charge in [0.1, 0.15) is 0 Å². The van der Waals surface area contributed by atoms with Crippen molar-refractivity contribution in [1.29, 1.82) is 0 Å². The minimum Gasteiger partial charge on any atom is -0.481 e. The maximum Gasteiger partial charge on any atom is 0.309 e. The van der Waals surface area contributed by atoms with Gasteiger partial charge in [-0.25, -0.2) is 0 Å². The summed E-state index contributed by atoms with van der Waals surface area (Å²) in [6.45, 7) is 6.44. The Kier molecular flexibility index (Phi) is 10.0. The van der Waals surface area contributed by atoms with Crippen LogP contribution in [0.15, 0.2) is 0 Å². The smallest absolute Gasteiger partial charge is 0.309 e. The molecule has 1 rings (SSSR count). The number of rotatable bonds is 11. The highest BCUT2D eigenvalue weighted by Gasteiger charge is 2.31.